The van der Waals surface area contributed by atoms with E-state index in [0.29, 0.717) is 3.57 Å². The van der Waals surface area contributed by atoms with E-state index in [1.807, 2.05) is 22.6 Å². The highest BCUT2D eigenvalue weighted by Gasteiger charge is 2.19. The second kappa shape index (κ2) is 5.44. The van der Waals surface area contributed by atoms with Gasteiger partial charge in [-0.15, -0.1) is 0 Å². The van der Waals surface area contributed by atoms with E-state index in [1.165, 1.54) is 24.4 Å². The number of sulfonamides is 1. The summed E-state index contributed by atoms with van der Waals surface area (Å²) >= 11 is 1.96. The Bertz CT molecular complexity index is 768. The Hall–Kier alpha value is -1.55. The Morgan fingerprint density at radius 3 is 2.60 bits per heavy atom. The molecule has 0 fully saturated rings. The number of halogens is 1. The van der Waals surface area contributed by atoms with Gasteiger partial charge in [-0.05, 0) is 46.9 Å². The summed E-state index contributed by atoms with van der Waals surface area (Å²) in [4.78, 5) is 11.2. The molecule has 0 radical (unpaired) electrons. The maximum absolute atomic E-state index is 12.2. The first-order chi connectivity index (χ1) is 9.29. The summed E-state index contributed by atoms with van der Waals surface area (Å²) in [7, 11) is -2.10. The van der Waals surface area contributed by atoms with E-state index >= 15 is 0 Å². The Morgan fingerprint density at radius 2 is 2.05 bits per heavy atom. The lowest BCUT2D eigenvalue weighted by Gasteiger charge is -2.09. The highest BCUT2D eigenvalue weighted by Crippen LogP contribution is 2.22. The van der Waals surface area contributed by atoms with Crippen LogP contribution >= 0.6 is 22.6 Å². The van der Waals surface area contributed by atoms with Gasteiger partial charge in [0.2, 0.25) is 0 Å². The SMILES string of the molecule is Cn1ccc(S(=O)(=O)Nc2ccc(I)cc2C(=O)O)c1. The van der Waals surface area contributed by atoms with E-state index in [9.17, 15) is 13.2 Å². The van der Waals surface area contributed by atoms with Crippen LogP contribution in [0.3, 0.4) is 0 Å². The zero-order valence-electron chi connectivity index (χ0n) is 10.4. The van der Waals surface area contributed by atoms with Gasteiger partial charge in [0.1, 0.15) is 4.90 Å². The number of benzene rings is 1. The van der Waals surface area contributed by atoms with Crippen LogP contribution in [0.2, 0.25) is 0 Å². The van der Waals surface area contributed by atoms with Crippen molar-refractivity contribution < 1.29 is 18.3 Å². The summed E-state index contributed by atoms with van der Waals surface area (Å²) in [5.74, 6) is -1.19. The van der Waals surface area contributed by atoms with E-state index in [1.54, 1.807) is 23.9 Å². The van der Waals surface area contributed by atoms with Crippen molar-refractivity contribution in [1.82, 2.24) is 4.57 Å². The Balaban J connectivity index is 2.42. The lowest BCUT2D eigenvalue weighted by Crippen LogP contribution is -2.15. The van der Waals surface area contributed by atoms with Crippen LogP contribution in [0.4, 0.5) is 5.69 Å². The average molecular weight is 406 g/mol. The number of nitrogens with zero attached hydrogens (tertiary/aromatic N) is 1. The van der Waals surface area contributed by atoms with Crippen molar-refractivity contribution in [3.8, 4) is 0 Å². The van der Waals surface area contributed by atoms with Crippen LogP contribution in [0.1, 0.15) is 10.4 Å². The number of hydrogen-bond donors (Lipinski definition) is 2. The number of aromatic carboxylic acids is 1. The monoisotopic (exact) mass is 406 g/mol. The van der Waals surface area contributed by atoms with E-state index in [0.717, 1.165) is 0 Å². The number of anilines is 1. The Morgan fingerprint density at radius 1 is 1.35 bits per heavy atom. The van der Waals surface area contributed by atoms with Crippen molar-refractivity contribution in [1.29, 1.82) is 0 Å². The van der Waals surface area contributed by atoms with Crippen molar-refractivity contribution >= 4 is 44.3 Å². The Kier molecular flexibility index (Phi) is 4.04. The molecule has 1 aromatic carbocycles. The first-order valence-electron chi connectivity index (χ1n) is 5.47. The molecule has 0 atom stereocenters. The van der Waals surface area contributed by atoms with E-state index in [2.05, 4.69) is 4.72 Å². The van der Waals surface area contributed by atoms with Crippen LogP contribution in [0.5, 0.6) is 0 Å². The fourth-order valence-electron chi connectivity index (χ4n) is 1.62. The third-order valence-electron chi connectivity index (χ3n) is 2.57. The molecule has 2 aromatic rings. The molecule has 8 heteroatoms. The molecule has 0 aliphatic heterocycles. The van der Waals surface area contributed by atoms with Gasteiger partial charge < -0.3 is 9.67 Å². The molecule has 0 saturated heterocycles. The molecular formula is C12H11IN2O4S. The van der Waals surface area contributed by atoms with Crippen LogP contribution in [-0.4, -0.2) is 24.1 Å². The van der Waals surface area contributed by atoms with Crippen LogP contribution in [0, 0.1) is 3.57 Å². The van der Waals surface area contributed by atoms with E-state index in [-0.39, 0.29) is 16.1 Å². The number of carboxylic acids is 1. The smallest absolute Gasteiger partial charge is 0.337 e. The molecule has 20 heavy (non-hydrogen) atoms. The molecule has 0 saturated carbocycles. The van der Waals surface area contributed by atoms with Gasteiger partial charge in [0.05, 0.1) is 11.3 Å². The first-order valence-corrected chi connectivity index (χ1v) is 8.03. The summed E-state index contributed by atoms with van der Waals surface area (Å²) in [5, 5.41) is 9.12. The zero-order chi connectivity index (χ0) is 14.9. The fraction of sp³-hybridized carbons (Fsp3) is 0.0833. The lowest BCUT2D eigenvalue weighted by atomic mass is 10.2. The van der Waals surface area contributed by atoms with Crippen molar-refractivity contribution in [3.05, 3.63) is 45.8 Å². The molecule has 0 spiro atoms. The van der Waals surface area contributed by atoms with Crippen LogP contribution in [0.25, 0.3) is 0 Å². The van der Waals surface area contributed by atoms with Gasteiger partial charge in [0.25, 0.3) is 10.0 Å². The highest BCUT2D eigenvalue weighted by molar-refractivity contribution is 14.1. The quantitative estimate of drug-likeness (QED) is 0.762. The number of carboxylic acid groups (broad SMARTS) is 1. The number of hydrogen-bond acceptors (Lipinski definition) is 3. The average Bonchev–Trinajstić information content (AvgIpc) is 2.78. The normalized spacial score (nSPS) is 11.3. The number of aryl methyl sites for hydroxylation is 1. The molecule has 0 unspecified atom stereocenters. The van der Waals surface area contributed by atoms with Crippen molar-refractivity contribution in [2.75, 3.05) is 4.72 Å². The predicted octanol–water partition coefficient (Wildman–Crippen LogP) is 2.13. The number of carbonyl (C=O) groups is 1. The Labute approximate surface area is 129 Å². The standard InChI is InChI=1S/C12H11IN2O4S/c1-15-5-4-9(7-15)20(18,19)14-11-3-2-8(13)6-10(11)12(16)17/h2-7,14H,1H3,(H,16,17). The second-order valence-electron chi connectivity index (χ2n) is 4.11. The number of aromatic nitrogens is 1. The van der Waals surface area contributed by atoms with Gasteiger partial charge in [-0.25, -0.2) is 13.2 Å². The number of rotatable bonds is 4. The summed E-state index contributed by atoms with van der Waals surface area (Å²) in [5.41, 5.74) is -0.0434. The fourth-order valence-corrected chi connectivity index (χ4v) is 3.24. The molecule has 0 aliphatic rings. The van der Waals surface area contributed by atoms with E-state index in [4.69, 9.17) is 5.11 Å². The maximum Gasteiger partial charge on any atom is 0.337 e. The molecular weight excluding hydrogens is 395 g/mol. The topological polar surface area (TPSA) is 88.4 Å². The van der Waals surface area contributed by atoms with Gasteiger partial charge in [0, 0.05) is 23.0 Å². The molecule has 2 rings (SSSR count). The molecule has 2 N–H and O–H groups in total. The molecule has 0 aliphatic carbocycles. The lowest BCUT2D eigenvalue weighted by molar-refractivity contribution is 0.0698. The first kappa shape index (κ1) is 14.9. The highest BCUT2D eigenvalue weighted by atomic mass is 127. The molecule has 0 bridgehead atoms. The summed E-state index contributed by atoms with van der Waals surface area (Å²) in [6.45, 7) is 0. The van der Waals surface area contributed by atoms with Gasteiger partial charge >= 0.3 is 5.97 Å². The van der Waals surface area contributed by atoms with E-state index < -0.39 is 16.0 Å². The van der Waals surface area contributed by atoms with Crippen LogP contribution in [0.15, 0.2) is 41.6 Å². The molecule has 106 valence electrons. The van der Waals surface area contributed by atoms with Gasteiger partial charge in [-0.3, -0.25) is 4.72 Å². The number of nitrogens with one attached hydrogen (secondary N) is 1. The summed E-state index contributed by atoms with van der Waals surface area (Å²) in [6.07, 6.45) is 3.04. The van der Waals surface area contributed by atoms with Gasteiger partial charge in [-0.1, -0.05) is 0 Å². The molecule has 1 heterocycles. The zero-order valence-corrected chi connectivity index (χ0v) is 13.3. The third kappa shape index (κ3) is 3.12. The molecule has 6 nitrogen and oxygen atoms in total. The minimum atomic E-state index is -3.80. The maximum atomic E-state index is 12.2. The van der Waals surface area contributed by atoms with Crippen LogP contribution < -0.4 is 4.72 Å². The minimum absolute atomic E-state index is 0.0433. The van der Waals surface area contributed by atoms with Gasteiger partial charge in [0.15, 0.2) is 0 Å². The van der Waals surface area contributed by atoms with Crippen molar-refractivity contribution in [3.63, 3.8) is 0 Å². The van der Waals surface area contributed by atoms with Crippen molar-refractivity contribution in [2.45, 2.75) is 4.90 Å². The van der Waals surface area contributed by atoms with Crippen LogP contribution in [-0.2, 0) is 17.1 Å². The predicted molar refractivity (Wildman–Crippen MR) is 82.3 cm³/mol. The molecule has 0 amide bonds. The summed E-state index contributed by atoms with van der Waals surface area (Å²) < 4.78 is 28.9. The van der Waals surface area contributed by atoms with Gasteiger partial charge in [-0.2, -0.15) is 0 Å². The second-order valence-corrected chi connectivity index (χ2v) is 7.04. The largest absolute Gasteiger partial charge is 0.478 e. The third-order valence-corrected chi connectivity index (χ3v) is 4.59. The molecule has 1 aromatic heterocycles. The van der Waals surface area contributed by atoms with Crippen molar-refractivity contribution in [2.24, 2.45) is 7.05 Å². The minimum Gasteiger partial charge on any atom is -0.478 e. The summed E-state index contributed by atoms with van der Waals surface area (Å²) in [6, 6.07) is 5.92.